The van der Waals surface area contributed by atoms with Gasteiger partial charge >= 0.3 is 5.97 Å². The Morgan fingerprint density at radius 3 is 1.73 bits per heavy atom. The highest BCUT2D eigenvalue weighted by atomic mass is 19.1. The first-order valence-electron chi connectivity index (χ1n) is 12.8. The van der Waals surface area contributed by atoms with Crippen LogP contribution in [0.25, 0.3) is 11.1 Å². The van der Waals surface area contributed by atoms with E-state index < -0.39 is 11.8 Å². The average Bonchev–Trinajstić information content (AvgIpc) is 2.97. The zero-order valence-electron chi connectivity index (χ0n) is 22.2. The molecule has 0 fully saturated rings. The maximum atomic E-state index is 14.9. The van der Waals surface area contributed by atoms with E-state index in [2.05, 4.69) is 13.2 Å². The molecule has 0 aliphatic heterocycles. The van der Waals surface area contributed by atoms with Crippen LogP contribution in [0.15, 0.2) is 92.0 Å². The lowest BCUT2D eigenvalue weighted by Crippen LogP contribution is -2.09. The summed E-state index contributed by atoms with van der Waals surface area (Å²) in [6.45, 7) is 9.37. The van der Waals surface area contributed by atoms with E-state index in [0.29, 0.717) is 80.7 Å². The van der Waals surface area contributed by atoms with Crippen molar-refractivity contribution in [2.75, 3.05) is 39.6 Å². The third kappa shape index (κ3) is 10.6. The molecule has 212 valence electrons. The first kappa shape index (κ1) is 30.5. The highest BCUT2D eigenvalue weighted by Crippen LogP contribution is 2.28. The van der Waals surface area contributed by atoms with Gasteiger partial charge in [-0.3, -0.25) is 0 Å². The van der Waals surface area contributed by atoms with Crippen molar-refractivity contribution in [2.45, 2.75) is 12.8 Å². The number of halogens is 1. The Hall–Kier alpha value is -4.02. The lowest BCUT2D eigenvalue weighted by atomic mass is 10.0. The minimum atomic E-state index is -0.606. The average molecular weight is 553 g/mol. The summed E-state index contributed by atoms with van der Waals surface area (Å²) in [5.41, 5.74) is 1.35. The predicted octanol–water partition coefficient (Wildman–Crippen LogP) is 6.52. The Balaban J connectivity index is 1.44. The van der Waals surface area contributed by atoms with Gasteiger partial charge in [0.15, 0.2) is 0 Å². The molecule has 0 aromatic heterocycles. The lowest BCUT2D eigenvalue weighted by Gasteiger charge is -2.10. The van der Waals surface area contributed by atoms with Gasteiger partial charge in [0.05, 0.1) is 32.0 Å². The summed E-state index contributed by atoms with van der Waals surface area (Å²) in [6, 6.07) is 17.8. The van der Waals surface area contributed by atoms with Crippen LogP contribution in [0.3, 0.4) is 0 Å². The molecule has 0 saturated heterocycles. The maximum absolute atomic E-state index is 14.9. The SMILES string of the molecule is C=CCOOCCCOc1ccc(C(=O)Oc2ccc(-c3ccc(OCCCOOCC=C)cc3)c(F)c2)cc1. The Kier molecular flexibility index (Phi) is 13.4. The smallest absolute Gasteiger partial charge is 0.343 e. The fraction of sp³-hybridized carbons (Fsp3) is 0.258. The van der Waals surface area contributed by atoms with Gasteiger partial charge in [-0.1, -0.05) is 24.3 Å². The van der Waals surface area contributed by atoms with Crippen LogP contribution in [0.4, 0.5) is 4.39 Å². The summed E-state index contributed by atoms with van der Waals surface area (Å²) in [7, 11) is 0. The second kappa shape index (κ2) is 17.5. The van der Waals surface area contributed by atoms with Crippen LogP contribution in [0, 0.1) is 5.82 Å². The Morgan fingerprint density at radius 2 is 1.20 bits per heavy atom. The zero-order valence-corrected chi connectivity index (χ0v) is 22.2. The van der Waals surface area contributed by atoms with Gasteiger partial charge in [0, 0.05) is 24.5 Å². The van der Waals surface area contributed by atoms with Gasteiger partial charge in [-0.2, -0.15) is 0 Å². The molecule has 0 saturated carbocycles. The van der Waals surface area contributed by atoms with E-state index in [1.165, 1.54) is 6.07 Å². The summed E-state index contributed by atoms with van der Waals surface area (Å²) < 4.78 is 31.5. The van der Waals surface area contributed by atoms with Crippen molar-refractivity contribution in [3.05, 3.63) is 103 Å². The summed E-state index contributed by atoms with van der Waals surface area (Å²) >= 11 is 0. The molecule has 0 unspecified atom stereocenters. The molecule has 0 heterocycles. The normalized spacial score (nSPS) is 10.6. The minimum absolute atomic E-state index is 0.101. The molecule has 40 heavy (non-hydrogen) atoms. The third-order valence-electron chi connectivity index (χ3n) is 5.23. The maximum Gasteiger partial charge on any atom is 0.343 e. The lowest BCUT2D eigenvalue weighted by molar-refractivity contribution is -0.287. The summed E-state index contributed by atoms with van der Waals surface area (Å²) in [6.07, 6.45) is 4.47. The molecular formula is C31H33FO8. The van der Waals surface area contributed by atoms with Crippen LogP contribution >= 0.6 is 0 Å². The number of rotatable bonds is 19. The van der Waals surface area contributed by atoms with E-state index >= 15 is 0 Å². The molecule has 3 aromatic rings. The molecule has 0 aliphatic rings. The minimum Gasteiger partial charge on any atom is -0.494 e. The molecule has 0 amide bonds. The van der Waals surface area contributed by atoms with Gasteiger partial charge < -0.3 is 14.2 Å². The van der Waals surface area contributed by atoms with Gasteiger partial charge in [0.1, 0.15) is 36.3 Å². The van der Waals surface area contributed by atoms with Gasteiger partial charge in [-0.25, -0.2) is 28.7 Å². The van der Waals surface area contributed by atoms with Crippen molar-refractivity contribution >= 4 is 5.97 Å². The number of carbonyl (C=O) groups excluding carboxylic acids is 1. The van der Waals surface area contributed by atoms with Crippen molar-refractivity contribution in [1.29, 1.82) is 0 Å². The van der Waals surface area contributed by atoms with Gasteiger partial charge in [0.25, 0.3) is 0 Å². The van der Waals surface area contributed by atoms with E-state index in [4.69, 9.17) is 33.8 Å². The Morgan fingerprint density at radius 1 is 0.675 bits per heavy atom. The van der Waals surface area contributed by atoms with Gasteiger partial charge in [-0.15, -0.1) is 13.2 Å². The van der Waals surface area contributed by atoms with E-state index in [9.17, 15) is 9.18 Å². The summed E-state index contributed by atoms with van der Waals surface area (Å²) in [4.78, 5) is 32.1. The monoisotopic (exact) mass is 552 g/mol. The highest BCUT2D eigenvalue weighted by molar-refractivity contribution is 5.91. The molecule has 0 radical (unpaired) electrons. The van der Waals surface area contributed by atoms with Crippen LogP contribution in [-0.4, -0.2) is 45.6 Å². The number of esters is 1. The number of hydrogen-bond acceptors (Lipinski definition) is 8. The van der Waals surface area contributed by atoms with Crippen molar-refractivity contribution in [3.63, 3.8) is 0 Å². The molecule has 0 atom stereocenters. The van der Waals surface area contributed by atoms with Crippen molar-refractivity contribution < 1.29 is 42.9 Å². The van der Waals surface area contributed by atoms with Gasteiger partial charge in [0.2, 0.25) is 0 Å². The Labute approximate surface area is 233 Å². The highest BCUT2D eigenvalue weighted by Gasteiger charge is 2.12. The van der Waals surface area contributed by atoms with Crippen molar-refractivity contribution in [2.24, 2.45) is 0 Å². The topological polar surface area (TPSA) is 81.7 Å². The Bertz CT molecular complexity index is 1190. The van der Waals surface area contributed by atoms with Crippen molar-refractivity contribution in [1.82, 2.24) is 0 Å². The molecule has 0 spiro atoms. The van der Waals surface area contributed by atoms with E-state index in [0.717, 1.165) is 0 Å². The fourth-order valence-corrected chi connectivity index (χ4v) is 3.30. The predicted molar refractivity (Wildman–Crippen MR) is 148 cm³/mol. The first-order chi connectivity index (χ1) is 19.6. The number of carbonyl (C=O) groups is 1. The quantitative estimate of drug-likeness (QED) is 0.0415. The molecule has 9 heteroatoms. The summed E-state index contributed by atoms with van der Waals surface area (Å²) in [5, 5.41) is 0. The number of benzene rings is 3. The van der Waals surface area contributed by atoms with Crippen molar-refractivity contribution in [3.8, 4) is 28.4 Å². The molecule has 3 aromatic carbocycles. The molecule has 3 rings (SSSR count). The van der Waals surface area contributed by atoms with Crippen LogP contribution in [0.1, 0.15) is 23.2 Å². The molecule has 8 nitrogen and oxygen atoms in total. The second-order valence-corrected chi connectivity index (χ2v) is 8.27. The third-order valence-corrected chi connectivity index (χ3v) is 5.23. The van der Waals surface area contributed by atoms with Gasteiger partial charge in [-0.05, 0) is 54.1 Å². The largest absolute Gasteiger partial charge is 0.494 e. The fourth-order valence-electron chi connectivity index (χ4n) is 3.30. The van der Waals surface area contributed by atoms with E-state index in [-0.39, 0.29) is 5.75 Å². The van der Waals surface area contributed by atoms with E-state index in [1.807, 2.05) is 0 Å². The summed E-state index contributed by atoms with van der Waals surface area (Å²) in [5.74, 6) is 0.229. The molecular weight excluding hydrogens is 519 g/mol. The number of ether oxygens (including phenoxy) is 3. The molecule has 0 aliphatic carbocycles. The van der Waals surface area contributed by atoms with Crippen LogP contribution in [0.2, 0.25) is 0 Å². The van der Waals surface area contributed by atoms with Crippen LogP contribution in [-0.2, 0) is 19.6 Å². The molecule has 0 N–H and O–H groups in total. The number of hydrogen-bond donors (Lipinski definition) is 0. The van der Waals surface area contributed by atoms with E-state index in [1.54, 1.807) is 72.8 Å². The van der Waals surface area contributed by atoms with Crippen LogP contribution < -0.4 is 14.2 Å². The molecule has 0 bridgehead atoms. The zero-order chi connectivity index (χ0) is 28.4. The first-order valence-corrected chi connectivity index (χ1v) is 12.8. The second-order valence-electron chi connectivity index (χ2n) is 8.27. The van der Waals surface area contributed by atoms with Crippen LogP contribution in [0.5, 0.6) is 17.2 Å². The standard InChI is InChI=1S/C31H33FO8/c1-3-17-36-38-21-5-19-34-26-11-7-24(8-12-26)29-16-15-28(23-30(29)32)40-31(33)25-9-13-27(14-10-25)35-20-6-22-39-37-18-4-2/h3-4,7-16,23H,1-2,5-6,17-22H2.